The Hall–Kier alpha value is -0.690. The summed E-state index contributed by atoms with van der Waals surface area (Å²) < 4.78 is 5.08. The molecule has 0 aromatic heterocycles. The fourth-order valence-electron chi connectivity index (χ4n) is 2.22. The molecule has 1 aliphatic heterocycles. The Balaban J connectivity index is 2.45. The molecule has 0 aromatic carbocycles. The van der Waals surface area contributed by atoms with Gasteiger partial charge in [-0.05, 0) is 13.0 Å². The average Bonchev–Trinajstić information content (AvgIpc) is 2.37. The van der Waals surface area contributed by atoms with Gasteiger partial charge in [0.25, 0.3) is 5.91 Å². The first-order valence-corrected chi connectivity index (χ1v) is 6.18. The maximum atomic E-state index is 11.6. The number of hydrogen-bond acceptors (Lipinski definition) is 5. The number of nitrogens with two attached hydrogens (primary N) is 1. The number of carbonyl (C=O) groups excluding carboxylic acids is 1. The molecule has 0 aromatic rings. The number of amides is 1. The third kappa shape index (κ3) is 4.23. The maximum absolute atomic E-state index is 11.6. The molecule has 1 amide bonds. The van der Waals surface area contributed by atoms with E-state index in [1.165, 1.54) is 6.42 Å². The van der Waals surface area contributed by atoms with Crippen molar-refractivity contribution in [1.82, 2.24) is 15.2 Å². The van der Waals surface area contributed by atoms with Crippen LogP contribution in [-0.4, -0.2) is 68.2 Å². The molecule has 100 valence electrons. The molecule has 0 aliphatic carbocycles. The van der Waals surface area contributed by atoms with E-state index in [0.717, 1.165) is 32.7 Å². The first-order chi connectivity index (χ1) is 8.22. The lowest BCUT2D eigenvalue weighted by atomic mass is 10.2. The summed E-state index contributed by atoms with van der Waals surface area (Å²) in [5.41, 5.74) is 2.21. The number of nitrogens with zero attached hydrogens (tertiary/aromatic N) is 2. The summed E-state index contributed by atoms with van der Waals surface area (Å²) >= 11 is 0. The van der Waals surface area contributed by atoms with Crippen molar-refractivity contribution in [1.29, 1.82) is 0 Å². The van der Waals surface area contributed by atoms with Crippen LogP contribution in [0, 0.1) is 0 Å². The first-order valence-electron chi connectivity index (χ1n) is 6.18. The van der Waals surface area contributed by atoms with Crippen molar-refractivity contribution in [2.75, 3.05) is 46.4 Å². The van der Waals surface area contributed by atoms with Crippen LogP contribution in [0.5, 0.6) is 0 Å². The minimum Gasteiger partial charge on any atom is -0.383 e. The average molecular weight is 244 g/mol. The number of ether oxygens (including phenoxy) is 1. The largest absolute Gasteiger partial charge is 0.383 e. The Morgan fingerprint density at radius 2 is 2.06 bits per heavy atom. The third-order valence-corrected chi connectivity index (χ3v) is 3.16. The zero-order chi connectivity index (χ0) is 12.7. The monoisotopic (exact) mass is 244 g/mol. The summed E-state index contributed by atoms with van der Waals surface area (Å²) in [5, 5.41) is 0. The van der Waals surface area contributed by atoms with Gasteiger partial charge in [0.05, 0.1) is 6.61 Å². The Kier molecular flexibility index (Phi) is 6.43. The van der Waals surface area contributed by atoms with Crippen molar-refractivity contribution >= 4 is 5.91 Å². The molecule has 1 fully saturated rings. The zero-order valence-corrected chi connectivity index (χ0v) is 10.8. The predicted molar refractivity (Wildman–Crippen MR) is 66.3 cm³/mol. The summed E-state index contributed by atoms with van der Waals surface area (Å²) in [4.78, 5) is 16.2. The number of rotatable bonds is 6. The van der Waals surface area contributed by atoms with E-state index in [0.29, 0.717) is 6.61 Å². The van der Waals surface area contributed by atoms with Crippen molar-refractivity contribution < 1.29 is 9.53 Å². The molecule has 3 N–H and O–H groups in total. The summed E-state index contributed by atoms with van der Waals surface area (Å²) in [6.07, 6.45) is 1.17. The summed E-state index contributed by atoms with van der Waals surface area (Å²) in [6, 6.07) is -0.270. The SMILES string of the molecule is CCCN1CCN(C(COC)C(=O)NN)CC1. The highest BCUT2D eigenvalue weighted by atomic mass is 16.5. The number of carbonyl (C=O) groups is 1. The minimum absolute atomic E-state index is 0.171. The van der Waals surface area contributed by atoms with Gasteiger partial charge in [-0.3, -0.25) is 15.1 Å². The number of hydrazine groups is 1. The number of nitrogens with one attached hydrogen (secondary N) is 1. The van der Waals surface area contributed by atoms with Gasteiger partial charge in [0.2, 0.25) is 0 Å². The van der Waals surface area contributed by atoms with Crippen LogP contribution in [0.3, 0.4) is 0 Å². The minimum atomic E-state index is -0.270. The van der Waals surface area contributed by atoms with Crippen molar-refractivity contribution in [3.8, 4) is 0 Å². The maximum Gasteiger partial charge on any atom is 0.253 e. The quantitative estimate of drug-likeness (QED) is 0.357. The van der Waals surface area contributed by atoms with E-state index in [9.17, 15) is 4.79 Å². The molecule has 0 bridgehead atoms. The Morgan fingerprint density at radius 3 is 2.53 bits per heavy atom. The number of hydrogen-bond donors (Lipinski definition) is 2. The third-order valence-electron chi connectivity index (χ3n) is 3.16. The van der Waals surface area contributed by atoms with Crippen LogP contribution in [-0.2, 0) is 9.53 Å². The zero-order valence-electron chi connectivity index (χ0n) is 10.8. The van der Waals surface area contributed by atoms with Gasteiger partial charge in [-0.25, -0.2) is 5.84 Å². The molecule has 1 saturated heterocycles. The summed E-state index contributed by atoms with van der Waals surface area (Å²) in [7, 11) is 1.60. The fourth-order valence-corrected chi connectivity index (χ4v) is 2.22. The van der Waals surface area contributed by atoms with Gasteiger partial charge in [0.1, 0.15) is 6.04 Å². The molecular formula is C11H24N4O2. The molecule has 6 nitrogen and oxygen atoms in total. The number of piperazine rings is 1. The highest BCUT2D eigenvalue weighted by molar-refractivity contribution is 5.81. The van der Waals surface area contributed by atoms with Gasteiger partial charge in [-0.1, -0.05) is 6.92 Å². The second-order valence-corrected chi connectivity index (χ2v) is 4.36. The van der Waals surface area contributed by atoms with Gasteiger partial charge in [0, 0.05) is 33.3 Å². The molecule has 0 spiro atoms. The second-order valence-electron chi connectivity index (χ2n) is 4.36. The Morgan fingerprint density at radius 1 is 1.41 bits per heavy atom. The lowest BCUT2D eigenvalue weighted by molar-refractivity contribution is -0.129. The van der Waals surface area contributed by atoms with Crippen LogP contribution in [0.15, 0.2) is 0 Å². The molecule has 1 rings (SSSR count). The van der Waals surface area contributed by atoms with Gasteiger partial charge >= 0.3 is 0 Å². The lowest BCUT2D eigenvalue weighted by Crippen LogP contribution is -2.57. The van der Waals surface area contributed by atoms with E-state index in [-0.39, 0.29) is 11.9 Å². The second kappa shape index (κ2) is 7.60. The molecule has 1 heterocycles. The van der Waals surface area contributed by atoms with E-state index in [4.69, 9.17) is 10.6 Å². The van der Waals surface area contributed by atoms with Crippen LogP contribution in [0.1, 0.15) is 13.3 Å². The Labute approximate surface area is 103 Å². The van der Waals surface area contributed by atoms with Gasteiger partial charge in [-0.15, -0.1) is 0 Å². The van der Waals surface area contributed by atoms with Crippen molar-refractivity contribution in [3.05, 3.63) is 0 Å². The predicted octanol–water partition coefficient (Wildman–Crippen LogP) is -0.981. The van der Waals surface area contributed by atoms with E-state index >= 15 is 0 Å². The van der Waals surface area contributed by atoms with E-state index in [1.54, 1.807) is 7.11 Å². The van der Waals surface area contributed by atoms with Crippen molar-refractivity contribution in [2.45, 2.75) is 19.4 Å². The van der Waals surface area contributed by atoms with E-state index in [1.807, 2.05) is 0 Å². The molecule has 1 atom stereocenters. The lowest BCUT2D eigenvalue weighted by Gasteiger charge is -2.38. The molecule has 1 aliphatic rings. The van der Waals surface area contributed by atoms with Crippen LogP contribution >= 0.6 is 0 Å². The van der Waals surface area contributed by atoms with Crippen molar-refractivity contribution in [2.24, 2.45) is 5.84 Å². The molecular weight excluding hydrogens is 220 g/mol. The topological polar surface area (TPSA) is 70.8 Å². The smallest absolute Gasteiger partial charge is 0.253 e. The van der Waals surface area contributed by atoms with Gasteiger partial charge < -0.3 is 9.64 Å². The molecule has 0 radical (unpaired) electrons. The summed E-state index contributed by atoms with van der Waals surface area (Å²) in [6.45, 7) is 7.49. The van der Waals surface area contributed by atoms with Gasteiger partial charge in [0.15, 0.2) is 0 Å². The van der Waals surface area contributed by atoms with Crippen LogP contribution in [0.4, 0.5) is 0 Å². The fraction of sp³-hybridized carbons (Fsp3) is 0.909. The molecule has 0 saturated carbocycles. The summed E-state index contributed by atoms with van der Waals surface area (Å²) in [5.74, 6) is 5.02. The van der Waals surface area contributed by atoms with Crippen LogP contribution in [0.2, 0.25) is 0 Å². The van der Waals surface area contributed by atoms with Crippen molar-refractivity contribution in [3.63, 3.8) is 0 Å². The molecule has 17 heavy (non-hydrogen) atoms. The number of methoxy groups -OCH3 is 1. The first kappa shape index (κ1) is 14.4. The van der Waals surface area contributed by atoms with Crippen LogP contribution < -0.4 is 11.3 Å². The molecule has 1 unspecified atom stereocenters. The van der Waals surface area contributed by atoms with E-state index < -0.39 is 0 Å². The van der Waals surface area contributed by atoms with Crippen LogP contribution in [0.25, 0.3) is 0 Å². The standard InChI is InChI=1S/C11H24N4O2/c1-3-4-14-5-7-15(8-6-14)10(9-17-2)11(16)13-12/h10H,3-9,12H2,1-2H3,(H,13,16). The highest BCUT2D eigenvalue weighted by Crippen LogP contribution is 2.07. The molecule has 6 heteroatoms. The normalized spacial score (nSPS) is 20.2. The van der Waals surface area contributed by atoms with E-state index in [2.05, 4.69) is 22.1 Å². The van der Waals surface area contributed by atoms with Gasteiger partial charge in [-0.2, -0.15) is 0 Å². The highest BCUT2D eigenvalue weighted by Gasteiger charge is 2.28. The Bertz CT molecular complexity index is 230.